The maximum absolute atomic E-state index is 12.8. The number of nitrogens with one attached hydrogen (secondary N) is 1. The second-order valence-corrected chi connectivity index (χ2v) is 6.36. The van der Waals surface area contributed by atoms with Gasteiger partial charge in [-0.2, -0.15) is 0 Å². The number of aryl methyl sites for hydroxylation is 1. The lowest BCUT2D eigenvalue weighted by atomic mass is 10.0. The molecule has 0 saturated heterocycles. The highest BCUT2D eigenvalue weighted by molar-refractivity contribution is 7.03. The summed E-state index contributed by atoms with van der Waals surface area (Å²) < 4.78 is 5.52. The summed E-state index contributed by atoms with van der Waals surface area (Å²) in [6.07, 6.45) is 4.66. The molecule has 3 aromatic rings. The van der Waals surface area contributed by atoms with Gasteiger partial charge in [-0.15, -0.1) is 0 Å². The van der Waals surface area contributed by atoms with Crippen molar-refractivity contribution in [2.24, 2.45) is 5.73 Å². The number of primary amides is 1. The first-order chi connectivity index (χ1) is 13.0. The molecule has 0 aromatic carbocycles. The fourth-order valence-electron chi connectivity index (χ4n) is 2.56. The van der Waals surface area contributed by atoms with Crippen molar-refractivity contribution >= 4 is 29.1 Å². The second-order valence-electron chi connectivity index (χ2n) is 5.71. The standard InChI is InChI=1S/C17H16N6O3S/c1-10-20-8-13(23(10)14-4-2-3-5-19-14)17(26)22-12(15(24)16(18)25)6-11-7-21-27-9-11/h2-5,7-9,12H,6H2,1H3,(H2,18,25)(H,22,26). The first-order valence-corrected chi connectivity index (χ1v) is 8.79. The number of imidazole rings is 1. The van der Waals surface area contributed by atoms with Crippen molar-refractivity contribution in [3.05, 3.63) is 59.3 Å². The van der Waals surface area contributed by atoms with E-state index in [1.54, 1.807) is 47.5 Å². The molecule has 0 radical (unpaired) electrons. The molecule has 1 unspecified atom stereocenters. The normalized spacial score (nSPS) is 11.7. The molecule has 0 aliphatic heterocycles. The molecule has 9 nitrogen and oxygen atoms in total. The third-order valence-electron chi connectivity index (χ3n) is 3.84. The molecule has 0 bridgehead atoms. The SMILES string of the molecule is Cc1ncc(C(=O)NC(Cc2cnsc2)C(=O)C(N)=O)n1-c1ccccn1. The number of carbonyl (C=O) groups excluding carboxylic acids is 3. The van der Waals surface area contributed by atoms with Gasteiger partial charge in [-0.1, -0.05) is 6.07 Å². The summed E-state index contributed by atoms with van der Waals surface area (Å²) in [5.74, 6) is -1.49. The molecular formula is C17H16N6O3S. The highest BCUT2D eigenvalue weighted by atomic mass is 32.1. The summed E-state index contributed by atoms with van der Waals surface area (Å²) >= 11 is 1.21. The Morgan fingerprint density at radius 1 is 1.26 bits per heavy atom. The Balaban J connectivity index is 1.88. The number of nitrogens with zero attached hydrogens (tertiary/aromatic N) is 4. The molecule has 138 valence electrons. The predicted molar refractivity (Wildman–Crippen MR) is 97.4 cm³/mol. The van der Waals surface area contributed by atoms with E-state index in [9.17, 15) is 14.4 Å². The first kappa shape index (κ1) is 18.4. The van der Waals surface area contributed by atoms with Crippen molar-refractivity contribution in [1.82, 2.24) is 24.2 Å². The van der Waals surface area contributed by atoms with Gasteiger partial charge in [-0.3, -0.25) is 19.0 Å². The minimum Gasteiger partial charge on any atom is -0.363 e. The lowest BCUT2D eigenvalue weighted by Gasteiger charge is -2.16. The Bertz CT molecular complexity index is 968. The van der Waals surface area contributed by atoms with Gasteiger partial charge in [0, 0.05) is 24.2 Å². The number of nitrogens with two attached hydrogens (primary N) is 1. The summed E-state index contributed by atoms with van der Waals surface area (Å²) in [7, 11) is 0. The van der Waals surface area contributed by atoms with Gasteiger partial charge >= 0.3 is 0 Å². The highest BCUT2D eigenvalue weighted by Gasteiger charge is 2.28. The van der Waals surface area contributed by atoms with Crippen LogP contribution in [0.2, 0.25) is 0 Å². The topological polar surface area (TPSA) is 133 Å². The zero-order chi connectivity index (χ0) is 19.4. The van der Waals surface area contributed by atoms with Gasteiger partial charge in [-0.25, -0.2) is 14.3 Å². The van der Waals surface area contributed by atoms with Crippen LogP contribution < -0.4 is 11.1 Å². The zero-order valence-electron chi connectivity index (χ0n) is 14.3. The smallest absolute Gasteiger partial charge is 0.287 e. The molecule has 10 heteroatoms. The maximum atomic E-state index is 12.8. The molecular weight excluding hydrogens is 368 g/mol. The van der Waals surface area contributed by atoms with E-state index in [0.29, 0.717) is 17.2 Å². The molecule has 3 N–H and O–H groups in total. The van der Waals surface area contributed by atoms with Crippen LogP contribution in [0.4, 0.5) is 0 Å². The molecule has 1 atom stereocenters. The van der Waals surface area contributed by atoms with Gasteiger partial charge in [0.05, 0.1) is 6.20 Å². The molecule has 3 aromatic heterocycles. The van der Waals surface area contributed by atoms with Gasteiger partial charge in [0.2, 0.25) is 5.78 Å². The molecule has 2 amide bonds. The lowest BCUT2D eigenvalue weighted by molar-refractivity contribution is -0.137. The number of pyridine rings is 1. The monoisotopic (exact) mass is 384 g/mol. The number of Topliss-reactive ketones (excluding diaryl/α,β-unsaturated/α-hetero) is 1. The quantitative estimate of drug-likeness (QED) is 0.568. The van der Waals surface area contributed by atoms with Crippen molar-refractivity contribution in [1.29, 1.82) is 0 Å². The third-order valence-corrected chi connectivity index (χ3v) is 4.47. The highest BCUT2D eigenvalue weighted by Crippen LogP contribution is 2.13. The number of carbonyl (C=O) groups is 3. The first-order valence-electron chi connectivity index (χ1n) is 7.96. The maximum Gasteiger partial charge on any atom is 0.287 e. The van der Waals surface area contributed by atoms with Crippen molar-refractivity contribution in [3.63, 3.8) is 0 Å². The lowest BCUT2D eigenvalue weighted by Crippen LogP contribution is -2.47. The van der Waals surface area contributed by atoms with E-state index in [1.807, 2.05) is 0 Å². The van der Waals surface area contributed by atoms with Crippen LogP contribution in [-0.2, 0) is 16.0 Å². The van der Waals surface area contributed by atoms with E-state index in [1.165, 1.54) is 17.7 Å². The Labute approximate surface area is 158 Å². The van der Waals surface area contributed by atoms with Gasteiger partial charge < -0.3 is 11.1 Å². The minimum atomic E-state index is -1.11. The van der Waals surface area contributed by atoms with Crippen LogP contribution in [0, 0.1) is 6.92 Å². The van der Waals surface area contributed by atoms with Crippen LogP contribution in [0.25, 0.3) is 5.82 Å². The predicted octanol–water partition coefficient (Wildman–Crippen LogP) is 0.428. The van der Waals surface area contributed by atoms with E-state index in [-0.39, 0.29) is 12.1 Å². The van der Waals surface area contributed by atoms with E-state index in [4.69, 9.17) is 5.73 Å². The van der Waals surface area contributed by atoms with E-state index in [0.717, 1.165) is 0 Å². The average molecular weight is 384 g/mol. The van der Waals surface area contributed by atoms with E-state index < -0.39 is 23.6 Å². The average Bonchev–Trinajstić information content (AvgIpc) is 3.30. The third kappa shape index (κ3) is 4.06. The van der Waals surface area contributed by atoms with Crippen LogP contribution >= 0.6 is 11.5 Å². The number of ketones is 1. The van der Waals surface area contributed by atoms with Crippen LogP contribution in [0.5, 0.6) is 0 Å². The Morgan fingerprint density at radius 2 is 2.07 bits per heavy atom. The molecule has 27 heavy (non-hydrogen) atoms. The van der Waals surface area contributed by atoms with Crippen molar-refractivity contribution in [2.45, 2.75) is 19.4 Å². The number of hydrogen-bond acceptors (Lipinski definition) is 7. The Kier molecular flexibility index (Phi) is 5.36. The summed E-state index contributed by atoms with van der Waals surface area (Å²) in [6.45, 7) is 1.73. The van der Waals surface area contributed by atoms with Gasteiger partial charge in [0.15, 0.2) is 0 Å². The minimum absolute atomic E-state index is 0.112. The van der Waals surface area contributed by atoms with Crippen LogP contribution in [0.1, 0.15) is 21.9 Å². The van der Waals surface area contributed by atoms with E-state index >= 15 is 0 Å². The van der Waals surface area contributed by atoms with Gasteiger partial charge in [0.25, 0.3) is 11.8 Å². The Hall–Kier alpha value is -3.40. The van der Waals surface area contributed by atoms with Crippen LogP contribution in [0.3, 0.4) is 0 Å². The van der Waals surface area contributed by atoms with Crippen molar-refractivity contribution < 1.29 is 14.4 Å². The summed E-state index contributed by atoms with van der Waals surface area (Å²) in [5.41, 5.74) is 6.03. The molecule has 0 fully saturated rings. The molecule has 3 rings (SSSR count). The van der Waals surface area contributed by atoms with Gasteiger partial charge in [0.1, 0.15) is 23.4 Å². The number of aromatic nitrogens is 4. The summed E-state index contributed by atoms with van der Waals surface area (Å²) in [5, 5.41) is 4.31. The fraction of sp³-hybridized carbons (Fsp3) is 0.176. The largest absolute Gasteiger partial charge is 0.363 e. The zero-order valence-corrected chi connectivity index (χ0v) is 15.1. The number of rotatable bonds is 7. The molecule has 3 heterocycles. The summed E-state index contributed by atoms with van der Waals surface area (Å²) in [6, 6.07) is 4.17. The molecule has 0 spiro atoms. The number of amides is 2. The second kappa shape index (κ2) is 7.87. The van der Waals surface area contributed by atoms with E-state index in [2.05, 4.69) is 19.7 Å². The number of hydrogen-bond donors (Lipinski definition) is 2. The summed E-state index contributed by atoms with van der Waals surface area (Å²) in [4.78, 5) is 44.7. The van der Waals surface area contributed by atoms with Crippen molar-refractivity contribution in [3.8, 4) is 5.82 Å². The Morgan fingerprint density at radius 3 is 2.70 bits per heavy atom. The van der Waals surface area contributed by atoms with Crippen LogP contribution in [0.15, 0.2) is 42.2 Å². The van der Waals surface area contributed by atoms with Crippen LogP contribution in [-0.4, -0.2) is 42.5 Å². The molecule has 0 aliphatic carbocycles. The molecule has 0 aliphatic rings. The van der Waals surface area contributed by atoms with Gasteiger partial charge in [-0.05, 0) is 36.2 Å². The molecule has 0 saturated carbocycles. The fourth-order valence-corrected chi connectivity index (χ4v) is 3.11. The van der Waals surface area contributed by atoms with Crippen molar-refractivity contribution in [2.75, 3.05) is 0 Å².